The molecule has 3 fully saturated rings. The Balaban J connectivity index is 0.000000175. The number of aryl methyl sites for hydroxylation is 1. The number of piperazine rings is 1. The van der Waals surface area contributed by atoms with E-state index in [1.165, 1.54) is 24.9 Å². The Labute approximate surface area is 230 Å². The molecule has 7 rings (SSSR count). The summed E-state index contributed by atoms with van der Waals surface area (Å²) >= 11 is 0. The molecule has 0 bridgehead atoms. The fraction of sp³-hybridized carbons (Fsp3) is 0.429. The van der Waals surface area contributed by atoms with Crippen molar-refractivity contribution in [2.75, 3.05) is 45.2 Å². The van der Waals surface area contributed by atoms with Crippen LogP contribution >= 0.6 is 0 Å². The van der Waals surface area contributed by atoms with Crippen LogP contribution in [0.3, 0.4) is 0 Å². The lowest BCUT2D eigenvalue weighted by Crippen LogP contribution is -2.47. The number of aromatic nitrogens is 1. The number of hydrogen-bond donors (Lipinski definition) is 2. The Hall–Kier alpha value is -4.19. The molecule has 4 aliphatic rings. The molecule has 2 aromatic heterocycles. The SMILES string of the molecule is COc1ccc2c(c1F)C(=O)N(C)C2.Cc1cc(N2CCN(C3CC3)CC2)nc2cc(C3NC(=O)NC3=O)oc12. The lowest BCUT2D eigenvalue weighted by Gasteiger charge is -2.35. The molecule has 12 heteroatoms. The maximum Gasteiger partial charge on any atom is 0.322 e. The lowest BCUT2D eigenvalue weighted by molar-refractivity contribution is -0.120. The average molecular weight is 551 g/mol. The van der Waals surface area contributed by atoms with Gasteiger partial charge in [0.1, 0.15) is 17.1 Å². The second kappa shape index (κ2) is 10.1. The van der Waals surface area contributed by atoms with Gasteiger partial charge in [0.15, 0.2) is 23.2 Å². The zero-order valence-electron chi connectivity index (χ0n) is 22.6. The van der Waals surface area contributed by atoms with E-state index < -0.39 is 23.8 Å². The molecule has 1 aliphatic carbocycles. The van der Waals surface area contributed by atoms with Gasteiger partial charge in [-0.05, 0) is 43.0 Å². The molecule has 3 aliphatic heterocycles. The maximum atomic E-state index is 13.6. The number of hydrogen-bond acceptors (Lipinski definition) is 8. The number of carbonyl (C=O) groups is 3. The Bertz CT molecular complexity index is 1510. The van der Waals surface area contributed by atoms with Gasteiger partial charge < -0.3 is 24.3 Å². The summed E-state index contributed by atoms with van der Waals surface area (Å²) in [5, 5.41) is 4.79. The van der Waals surface area contributed by atoms with E-state index in [1.807, 2.05) is 13.0 Å². The van der Waals surface area contributed by atoms with Crippen molar-refractivity contribution in [3.63, 3.8) is 0 Å². The van der Waals surface area contributed by atoms with Gasteiger partial charge in [0.2, 0.25) is 0 Å². The second-order valence-corrected chi connectivity index (χ2v) is 10.6. The summed E-state index contributed by atoms with van der Waals surface area (Å²) in [5.74, 6) is 0.235. The third kappa shape index (κ3) is 4.72. The summed E-state index contributed by atoms with van der Waals surface area (Å²) < 4.78 is 24.3. The van der Waals surface area contributed by atoms with E-state index in [0.29, 0.717) is 23.4 Å². The van der Waals surface area contributed by atoms with E-state index in [2.05, 4.69) is 20.4 Å². The van der Waals surface area contributed by atoms with Gasteiger partial charge in [0.25, 0.3) is 11.8 Å². The van der Waals surface area contributed by atoms with Crippen molar-refractivity contribution < 1.29 is 27.9 Å². The highest BCUT2D eigenvalue weighted by molar-refractivity contribution is 6.04. The summed E-state index contributed by atoms with van der Waals surface area (Å²) in [6.07, 6.45) is 2.68. The summed E-state index contributed by atoms with van der Waals surface area (Å²) in [6.45, 7) is 6.55. The minimum Gasteiger partial charge on any atom is -0.494 e. The van der Waals surface area contributed by atoms with Crippen LogP contribution in [0.1, 0.15) is 46.1 Å². The van der Waals surface area contributed by atoms with Crippen LogP contribution in [0.2, 0.25) is 0 Å². The van der Waals surface area contributed by atoms with Gasteiger partial charge in [-0.25, -0.2) is 14.2 Å². The first-order chi connectivity index (χ1) is 19.2. The highest BCUT2D eigenvalue weighted by atomic mass is 19.1. The number of anilines is 1. The van der Waals surface area contributed by atoms with E-state index >= 15 is 0 Å². The van der Waals surface area contributed by atoms with Crippen LogP contribution in [0.15, 0.2) is 28.7 Å². The van der Waals surface area contributed by atoms with E-state index in [-0.39, 0.29) is 17.2 Å². The average Bonchev–Trinajstić information content (AvgIpc) is 3.51. The molecule has 210 valence electrons. The molecule has 40 heavy (non-hydrogen) atoms. The van der Waals surface area contributed by atoms with Crippen LogP contribution in [0.5, 0.6) is 5.75 Å². The summed E-state index contributed by atoms with van der Waals surface area (Å²) in [4.78, 5) is 45.8. The maximum absolute atomic E-state index is 13.6. The van der Waals surface area contributed by atoms with E-state index in [0.717, 1.165) is 49.2 Å². The molecule has 1 atom stereocenters. The standard InChI is InChI=1S/C18H21N5O3.C10H10FNO2/c1-10-8-14(23-6-4-22(5-7-23)11-2-3-11)19-12-9-13(26-16(10)12)15-17(24)21-18(25)20-15;1-12-5-6-3-4-7(14-2)9(11)8(6)10(12)13/h8-9,11,15H,2-7H2,1H3,(H2,20,21,24,25);3-4H,5H2,1-2H3. The zero-order valence-corrected chi connectivity index (χ0v) is 22.6. The quantitative estimate of drug-likeness (QED) is 0.476. The largest absolute Gasteiger partial charge is 0.494 e. The fourth-order valence-electron chi connectivity index (χ4n) is 5.49. The number of carbonyl (C=O) groups excluding carboxylic acids is 3. The second-order valence-electron chi connectivity index (χ2n) is 10.6. The van der Waals surface area contributed by atoms with Crippen molar-refractivity contribution in [3.05, 3.63) is 52.5 Å². The Kier molecular flexibility index (Phi) is 6.57. The number of nitrogens with one attached hydrogen (secondary N) is 2. The zero-order chi connectivity index (χ0) is 28.1. The van der Waals surface area contributed by atoms with Crippen molar-refractivity contribution in [3.8, 4) is 5.75 Å². The van der Waals surface area contributed by atoms with Gasteiger partial charge in [-0.1, -0.05) is 6.07 Å². The van der Waals surface area contributed by atoms with Gasteiger partial charge in [0, 0.05) is 51.9 Å². The third-order valence-electron chi connectivity index (χ3n) is 7.81. The number of nitrogens with zero attached hydrogens (tertiary/aromatic N) is 4. The molecule has 2 N–H and O–H groups in total. The molecule has 11 nitrogen and oxygen atoms in total. The van der Waals surface area contributed by atoms with Gasteiger partial charge >= 0.3 is 6.03 Å². The number of urea groups is 1. The molecular formula is C28H31FN6O5. The monoisotopic (exact) mass is 550 g/mol. The third-order valence-corrected chi connectivity index (χ3v) is 7.81. The molecule has 3 aromatic rings. The molecule has 0 spiro atoms. The van der Waals surface area contributed by atoms with Crippen molar-refractivity contribution in [1.82, 2.24) is 25.4 Å². The van der Waals surface area contributed by atoms with E-state index in [9.17, 15) is 18.8 Å². The Morgan fingerprint density at radius 3 is 2.50 bits per heavy atom. The number of methoxy groups -OCH3 is 1. The predicted octanol–water partition coefficient (Wildman–Crippen LogP) is 2.72. The smallest absolute Gasteiger partial charge is 0.322 e. The van der Waals surface area contributed by atoms with Crippen molar-refractivity contribution in [1.29, 1.82) is 0 Å². The highest BCUT2D eigenvalue weighted by Gasteiger charge is 2.35. The minimum absolute atomic E-state index is 0.118. The molecule has 1 unspecified atom stereocenters. The van der Waals surface area contributed by atoms with Crippen LogP contribution in [-0.2, 0) is 11.3 Å². The molecule has 4 amide bonds. The minimum atomic E-state index is -0.790. The molecule has 1 aromatic carbocycles. The van der Waals surface area contributed by atoms with Gasteiger partial charge in [-0.2, -0.15) is 0 Å². The molecular weight excluding hydrogens is 519 g/mol. The molecule has 1 saturated carbocycles. The Morgan fingerprint density at radius 2 is 1.85 bits per heavy atom. The molecule has 5 heterocycles. The first-order valence-electron chi connectivity index (χ1n) is 13.4. The number of fused-ring (bicyclic) bond motifs is 2. The van der Waals surface area contributed by atoms with Crippen LogP contribution in [-0.4, -0.2) is 79.0 Å². The van der Waals surface area contributed by atoms with Gasteiger partial charge in [-0.3, -0.25) is 19.8 Å². The summed E-state index contributed by atoms with van der Waals surface area (Å²) in [7, 11) is 3.03. The number of furan rings is 1. The van der Waals surface area contributed by atoms with Crippen LogP contribution in [0.4, 0.5) is 15.0 Å². The predicted molar refractivity (Wildman–Crippen MR) is 144 cm³/mol. The van der Waals surface area contributed by atoms with Gasteiger partial charge in [-0.15, -0.1) is 0 Å². The van der Waals surface area contributed by atoms with Crippen molar-refractivity contribution in [2.45, 2.75) is 38.4 Å². The topological polar surface area (TPSA) is 120 Å². The lowest BCUT2D eigenvalue weighted by atomic mass is 10.1. The van der Waals surface area contributed by atoms with Crippen molar-refractivity contribution in [2.24, 2.45) is 0 Å². The van der Waals surface area contributed by atoms with Gasteiger partial charge in [0.05, 0.1) is 12.7 Å². The fourth-order valence-corrected chi connectivity index (χ4v) is 5.49. The first kappa shape index (κ1) is 26.1. The van der Waals surface area contributed by atoms with Crippen LogP contribution in [0, 0.1) is 12.7 Å². The number of benzene rings is 1. The number of pyridine rings is 1. The van der Waals surface area contributed by atoms with Crippen LogP contribution in [0.25, 0.3) is 11.1 Å². The number of imide groups is 1. The molecule has 0 radical (unpaired) electrons. The number of rotatable bonds is 4. The summed E-state index contributed by atoms with van der Waals surface area (Å²) in [5.41, 5.74) is 3.22. The summed E-state index contributed by atoms with van der Waals surface area (Å²) in [6, 6.07) is 6.57. The number of amides is 4. The first-order valence-corrected chi connectivity index (χ1v) is 13.4. The molecule has 2 saturated heterocycles. The highest BCUT2D eigenvalue weighted by Crippen LogP contribution is 2.32. The Morgan fingerprint density at radius 1 is 1.10 bits per heavy atom. The normalized spacial score (nSPS) is 20.8. The number of halogens is 1. The number of ether oxygens (including phenoxy) is 1. The van der Waals surface area contributed by atoms with E-state index in [4.69, 9.17) is 14.1 Å². The van der Waals surface area contributed by atoms with E-state index in [1.54, 1.807) is 25.2 Å². The van der Waals surface area contributed by atoms with Crippen LogP contribution < -0.4 is 20.3 Å². The van der Waals surface area contributed by atoms with Crippen molar-refractivity contribution >= 4 is 34.8 Å².